The highest BCUT2D eigenvalue weighted by Gasteiger charge is 2.38. The number of amides is 2. The molecule has 4 rings (SSSR count). The lowest BCUT2D eigenvalue weighted by Gasteiger charge is -2.34. The average Bonchev–Trinajstić information content (AvgIpc) is 2.92. The van der Waals surface area contributed by atoms with Crippen molar-refractivity contribution in [3.8, 4) is 0 Å². The Hall–Kier alpha value is -1.59. The number of nitrogens with one attached hydrogen (secondary N) is 1. The summed E-state index contributed by atoms with van der Waals surface area (Å²) in [6, 6.07) is 7.56. The number of hydrogen-bond acceptors (Lipinski definition) is 1. The quantitative estimate of drug-likeness (QED) is 0.779. The smallest absolute Gasteiger partial charge is 0.322 e. The van der Waals surface area contributed by atoms with Crippen LogP contribution >= 0.6 is 27.5 Å². The lowest BCUT2D eigenvalue weighted by atomic mass is 9.93. The van der Waals surface area contributed by atoms with Gasteiger partial charge in [0.15, 0.2) is 0 Å². The van der Waals surface area contributed by atoms with Gasteiger partial charge in [-0.15, -0.1) is 0 Å². The van der Waals surface area contributed by atoms with Crippen molar-refractivity contribution in [2.45, 2.75) is 12.5 Å². The van der Waals surface area contributed by atoms with Crippen molar-refractivity contribution in [1.29, 1.82) is 0 Å². The number of carbonyl (C=O) groups excluding carboxylic acids is 1. The van der Waals surface area contributed by atoms with E-state index in [2.05, 4.69) is 21.2 Å². The first kappa shape index (κ1) is 14.0. The van der Waals surface area contributed by atoms with Crippen molar-refractivity contribution in [2.75, 3.05) is 11.4 Å². The summed E-state index contributed by atoms with van der Waals surface area (Å²) in [5.74, 6) is -0.375. The van der Waals surface area contributed by atoms with E-state index in [0.717, 1.165) is 27.7 Å². The Labute approximate surface area is 140 Å². The third kappa shape index (κ3) is 1.96. The lowest BCUT2D eigenvalue weighted by Crippen LogP contribution is -2.46. The van der Waals surface area contributed by atoms with Gasteiger partial charge in [0.25, 0.3) is 0 Å². The molecule has 0 saturated carbocycles. The minimum Gasteiger partial charge on any atom is -0.327 e. The molecule has 112 valence electrons. The summed E-state index contributed by atoms with van der Waals surface area (Å²) in [5.41, 5.74) is 3.55. The number of halogens is 3. The third-order valence-corrected chi connectivity index (χ3v) is 5.23. The van der Waals surface area contributed by atoms with Crippen molar-refractivity contribution in [3.63, 3.8) is 0 Å². The molecular formula is C16H11BrClFN2O. The number of carbonyl (C=O) groups is 1. The Morgan fingerprint density at radius 1 is 1.32 bits per heavy atom. The van der Waals surface area contributed by atoms with Crippen LogP contribution < -0.4 is 10.2 Å². The van der Waals surface area contributed by atoms with E-state index in [1.165, 1.54) is 18.2 Å². The van der Waals surface area contributed by atoms with E-state index in [1.54, 1.807) is 4.90 Å². The van der Waals surface area contributed by atoms with Gasteiger partial charge >= 0.3 is 6.03 Å². The fourth-order valence-corrected chi connectivity index (χ4v) is 3.99. The molecule has 2 amide bonds. The number of rotatable bonds is 1. The van der Waals surface area contributed by atoms with Crippen molar-refractivity contribution in [2.24, 2.45) is 0 Å². The second-order valence-corrected chi connectivity index (χ2v) is 6.68. The Bertz CT molecular complexity index is 811. The van der Waals surface area contributed by atoms with Crippen LogP contribution in [0.15, 0.2) is 34.8 Å². The average molecular weight is 382 g/mol. The monoisotopic (exact) mass is 380 g/mol. The standard InChI is InChI=1S/C16H11BrClFN2O/c17-11-3-1-8-5-6-21-15(8)13(11)14(20-16(21)22)10-7-9(19)2-4-12(10)18/h1-4,7,14H,5-6H2,(H,20,22). The van der Waals surface area contributed by atoms with Gasteiger partial charge in [-0.05, 0) is 36.2 Å². The molecule has 0 aliphatic carbocycles. The summed E-state index contributed by atoms with van der Waals surface area (Å²) in [5, 5.41) is 3.37. The van der Waals surface area contributed by atoms with E-state index in [9.17, 15) is 9.18 Å². The van der Waals surface area contributed by atoms with Gasteiger partial charge in [-0.3, -0.25) is 4.90 Å². The first-order valence-electron chi connectivity index (χ1n) is 6.90. The van der Waals surface area contributed by atoms with E-state index in [1.807, 2.05) is 12.1 Å². The van der Waals surface area contributed by atoms with Crippen LogP contribution in [-0.4, -0.2) is 12.6 Å². The first-order chi connectivity index (χ1) is 10.6. The van der Waals surface area contributed by atoms with Gasteiger partial charge in [0.1, 0.15) is 5.82 Å². The highest BCUT2D eigenvalue weighted by atomic mass is 79.9. The minimum absolute atomic E-state index is 0.172. The van der Waals surface area contributed by atoms with Gasteiger partial charge in [0.2, 0.25) is 0 Å². The Morgan fingerprint density at radius 3 is 2.95 bits per heavy atom. The number of benzene rings is 2. The molecule has 2 aliphatic heterocycles. The normalized spacial score (nSPS) is 19.1. The lowest BCUT2D eigenvalue weighted by molar-refractivity contribution is 0.243. The molecule has 0 fully saturated rings. The second-order valence-electron chi connectivity index (χ2n) is 5.42. The number of anilines is 1. The first-order valence-corrected chi connectivity index (χ1v) is 8.07. The molecule has 22 heavy (non-hydrogen) atoms. The van der Waals surface area contributed by atoms with Crippen molar-refractivity contribution in [1.82, 2.24) is 5.32 Å². The summed E-state index contributed by atoms with van der Waals surface area (Å²) < 4.78 is 14.5. The molecular weight excluding hydrogens is 371 g/mol. The van der Waals surface area contributed by atoms with Crippen LogP contribution in [-0.2, 0) is 6.42 Å². The van der Waals surface area contributed by atoms with Crippen LogP contribution in [0.5, 0.6) is 0 Å². The van der Waals surface area contributed by atoms with Gasteiger partial charge in [-0.2, -0.15) is 0 Å². The molecule has 0 spiro atoms. The van der Waals surface area contributed by atoms with Crippen molar-refractivity contribution < 1.29 is 9.18 Å². The molecule has 0 bridgehead atoms. The number of nitrogens with zero attached hydrogens (tertiary/aromatic N) is 1. The molecule has 2 aromatic carbocycles. The molecule has 0 saturated heterocycles. The van der Waals surface area contributed by atoms with Gasteiger partial charge in [0.05, 0.1) is 11.7 Å². The van der Waals surface area contributed by atoms with Crippen LogP contribution in [0.2, 0.25) is 5.02 Å². The van der Waals surface area contributed by atoms with E-state index in [4.69, 9.17) is 11.6 Å². The van der Waals surface area contributed by atoms with Crippen molar-refractivity contribution in [3.05, 3.63) is 62.3 Å². The van der Waals surface area contributed by atoms with Gasteiger partial charge in [0, 0.05) is 27.2 Å². The molecule has 2 aliphatic rings. The number of hydrogen-bond donors (Lipinski definition) is 1. The van der Waals surface area contributed by atoms with E-state index in [-0.39, 0.29) is 11.8 Å². The van der Waals surface area contributed by atoms with Crippen LogP contribution in [0.3, 0.4) is 0 Å². The molecule has 3 nitrogen and oxygen atoms in total. The predicted molar refractivity (Wildman–Crippen MR) is 87.0 cm³/mol. The third-order valence-electron chi connectivity index (χ3n) is 4.19. The molecule has 0 aromatic heterocycles. The van der Waals surface area contributed by atoms with Crippen LogP contribution in [0.4, 0.5) is 14.9 Å². The summed E-state index contributed by atoms with van der Waals surface area (Å²) in [4.78, 5) is 14.1. The van der Waals surface area contributed by atoms with Crippen LogP contribution in [0, 0.1) is 5.82 Å². The zero-order valence-corrected chi connectivity index (χ0v) is 13.7. The zero-order valence-electron chi connectivity index (χ0n) is 11.4. The molecule has 0 radical (unpaired) electrons. The SMILES string of the molecule is O=C1NC(c2cc(F)ccc2Cl)c2c(Br)ccc3c2N1CC3. The Balaban J connectivity index is 1.97. The fourth-order valence-electron chi connectivity index (χ4n) is 3.21. The minimum atomic E-state index is -0.464. The van der Waals surface area contributed by atoms with Crippen molar-refractivity contribution >= 4 is 39.2 Å². The second kappa shape index (κ2) is 4.96. The topological polar surface area (TPSA) is 32.3 Å². The summed E-state index contributed by atoms with van der Waals surface area (Å²) in [7, 11) is 0. The fraction of sp³-hybridized carbons (Fsp3) is 0.188. The van der Waals surface area contributed by atoms with E-state index < -0.39 is 6.04 Å². The van der Waals surface area contributed by atoms with Gasteiger partial charge < -0.3 is 5.32 Å². The zero-order chi connectivity index (χ0) is 15.4. The molecule has 1 atom stereocenters. The molecule has 1 N–H and O–H groups in total. The maximum absolute atomic E-state index is 13.7. The van der Waals surface area contributed by atoms with E-state index >= 15 is 0 Å². The highest BCUT2D eigenvalue weighted by Crippen LogP contribution is 2.45. The highest BCUT2D eigenvalue weighted by molar-refractivity contribution is 9.10. The van der Waals surface area contributed by atoms with Gasteiger partial charge in [-0.25, -0.2) is 9.18 Å². The maximum Gasteiger partial charge on any atom is 0.322 e. The largest absolute Gasteiger partial charge is 0.327 e. The molecule has 2 heterocycles. The summed E-state index contributed by atoms with van der Waals surface area (Å²) >= 11 is 9.80. The van der Waals surface area contributed by atoms with Crippen LogP contribution in [0.1, 0.15) is 22.7 Å². The number of urea groups is 1. The molecule has 6 heteroatoms. The summed E-state index contributed by atoms with van der Waals surface area (Å²) in [6.45, 7) is 0.661. The molecule has 1 unspecified atom stereocenters. The maximum atomic E-state index is 13.7. The summed E-state index contributed by atoms with van der Waals surface area (Å²) in [6.07, 6.45) is 0.826. The Morgan fingerprint density at radius 2 is 2.14 bits per heavy atom. The Kier molecular flexibility index (Phi) is 3.16. The molecule has 2 aromatic rings. The van der Waals surface area contributed by atoms with Gasteiger partial charge in [-0.1, -0.05) is 33.6 Å². The van der Waals surface area contributed by atoms with Crippen LogP contribution in [0.25, 0.3) is 0 Å². The predicted octanol–water partition coefficient (Wildman–Crippen LogP) is 4.42. The van der Waals surface area contributed by atoms with E-state index in [0.29, 0.717) is 17.1 Å².